The molecule has 24 heavy (non-hydrogen) atoms. The number of methoxy groups -OCH3 is 1. The third-order valence-corrected chi connectivity index (χ3v) is 5.05. The van der Waals surface area contributed by atoms with Gasteiger partial charge in [-0.3, -0.25) is 9.59 Å². The van der Waals surface area contributed by atoms with Crippen molar-refractivity contribution < 1.29 is 18.8 Å². The SMILES string of the molecule is COCc1noc([C@@H]2CN(C(=O)c3ccc(Cl)s3)C[C@H]2C(N)=O)n1. The van der Waals surface area contributed by atoms with Gasteiger partial charge in [-0.25, -0.2) is 0 Å². The fraction of sp³-hybridized carbons (Fsp3) is 0.429. The van der Waals surface area contributed by atoms with Crippen LogP contribution in [0.3, 0.4) is 0 Å². The highest BCUT2D eigenvalue weighted by Gasteiger charge is 2.42. The summed E-state index contributed by atoms with van der Waals surface area (Å²) >= 11 is 7.07. The molecule has 0 spiro atoms. The summed E-state index contributed by atoms with van der Waals surface area (Å²) in [5.74, 6) is -1.06. The van der Waals surface area contributed by atoms with Crippen LogP contribution in [0.1, 0.15) is 27.3 Å². The lowest BCUT2D eigenvalue weighted by atomic mass is 9.95. The number of halogens is 1. The van der Waals surface area contributed by atoms with E-state index in [9.17, 15) is 9.59 Å². The van der Waals surface area contributed by atoms with Gasteiger partial charge in [0.1, 0.15) is 6.61 Å². The zero-order valence-corrected chi connectivity index (χ0v) is 14.3. The summed E-state index contributed by atoms with van der Waals surface area (Å²) in [6.45, 7) is 0.681. The van der Waals surface area contributed by atoms with Crippen LogP contribution < -0.4 is 5.73 Å². The minimum absolute atomic E-state index is 0.197. The molecule has 3 heterocycles. The minimum atomic E-state index is -0.583. The highest BCUT2D eigenvalue weighted by molar-refractivity contribution is 7.17. The number of hydrogen-bond acceptors (Lipinski definition) is 7. The Kier molecular flexibility index (Phi) is 4.83. The van der Waals surface area contributed by atoms with Gasteiger partial charge in [-0.2, -0.15) is 4.98 Å². The summed E-state index contributed by atoms with van der Waals surface area (Å²) in [6, 6.07) is 3.32. The molecule has 1 saturated heterocycles. The van der Waals surface area contributed by atoms with E-state index in [4.69, 9.17) is 26.6 Å². The van der Waals surface area contributed by atoms with Crippen molar-refractivity contribution in [2.75, 3.05) is 20.2 Å². The normalized spacial score (nSPS) is 20.5. The van der Waals surface area contributed by atoms with E-state index in [0.717, 1.165) is 0 Å². The average Bonchev–Trinajstić information content (AvgIpc) is 3.25. The first-order chi connectivity index (χ1) is 11.5. The molecule has 8 nitrogen and oxygen atoms in total. The monoisotopic (exact) mass is 370 g/mol. The molecule has 1 aliphatic heterocycles. The van der Waals surface area contributed by atoms with Gasteiger partial charge in [-0.05, 0) is 12.1 Å². The smallest absolute Gasteiger partial charge is 0.264 e. The summed E-state index contributed by atoms with van der Waals surface area (Å²) in [7, 11) is 1.52. The molecule has 1 fully saturated rings. The molecule has 128 valence electrons. The van der Waals surface area contributed by atoms with Crippen molar-refractivity contribution in [1.29, 1.82) is 0 Å². The topological polar surface area (TPSA) is 112 Å². The van der Waals surface area contributed by atoms with Crippen LogP contribution in [0.25, 0.3) is 0 Å². The Balaban J connectivity index is 1.81. The number of ether oxygens (including phenoxy) is 1. The fourth-order valence-corrected chi connectivity index (χ4v) is 3.71. The third-order valence-electron chi connectivity index (χ3n) is 3.83. The van der Waals surface area contributed by atoms with Crippen molar-refractivity contribution in [3.05, 3.63) is 33.1 Å². The highest BCUT2D eigenvalue weighted by Crippen LogP contribution is 2.33. The van der Waals surface area contributed by atoms with E-state index >= 15 is 0 Å². The predicted octanol–water partition coefficient (Wildman–Crippen LogP) is 1.27. The first-order valence-electron chi connectivity index (χ1n) is 7.15. The summed E-state index contributed by atoms with van der Waals surface area (Å²) in [6.07, 6.45) is 0. The second-order valence-corrected chi connectivity index (χ2v) is 7.13. The summed E-state index contributed by atoms with van der Waals surface area (Å²) in [5, 5.41) is 3.79. The van der Waals surface area contributed by atoms with E-state index in [2.05, 4.69) is 10.1 Å². The van der Waals surface area contributed by atoms with Crippen LogP contribution in [0.15, 0.2) is 16.7 Å². The van der Waals surface area contributed by atoms with Gasteiger partial charge in [-0.15, -0.1) is 11.3 Å². The number of thiophene rings is 1. The maximum atomic E-state index is 12.6. The van der Waals surface area contributed by atoms with Gasteiger partial charge in [0.25, 0.3) is 5.91 Å². The van der Waals surface area contributed by atoms with Crippen molar-refractivity contribution >= 4 is 34.8 Å². The molecule has 0 bridgehead atoms. The molecule has 3 rings (SSSR count). The fourth-order valence-electron chi connectivity index (χ4n) is 2.70. The van der Waals surface area contributed by atoms with Gasteiger partial charge in [0, 0.05) is 20.2 Å². The molecule has 2 N–H and O–H groups in total. The van der Waals surface area contributed by atoms with Gasteiger partial charge in [0.15, 0.2) is 5.82 Å². The van der Waals surface area contributed by atoms with Gasteiger partial charge in [-0.1, -0.05) is 16.8 Å². The van der Waals surface area contributed by atoms with Crippen molar-refractivity contribution in [3.63, 3.8) is 0 Å². The second-order valence-electron chi connectivity index (χ2n) is 5.41. The molecule has 10 heteroatoms. The molecular weight excluding hydrogens is 356 g/mol. The number of amides is 2. The summed E-state index contributed by atoms with van der Waals surface area (Å²) in [4.78, 5) is 30.6. The van der Waals surface area contributed by atoms with Crippen molar-refractivity contribution in [3.8, 4) is 0 Å². The average molecular weight is 371 g/mol. The Morgan fingerprint density at radius 1 is 1.50 bits per heavy atom. The zero-order valence-electron chi connectivity index (χ0n) is 12.8. The Hall–Kier alpha value is -1.97. The second kappa shape index (κ2) is 6.88. The number of primary amides is 1. The lowest BCUT2D eigenvalue weighted by Crippen LogP contribution is -2.31. The van der Waals surface area contributed by atoms with Crippen LogP contribution in [0.4, 0.5) is 0 Å². The molecule has 2 atom stereocenters. The van der Waals surface area contributed by atoms with Gasteiger partial charge in [0.2, 0.25) is 11.8 Å². The highest BCUT2D eigenvalue weighted by atomic mass is 35.5. The van der Waals surface area contributed by atoms with Crippen LogP contribution in [0.2, 0.25) is 4.34 Å². The minimum Gasteiger partial charge on any atom is -0.377 e. The Bertz CT molecular complexity index is 762. The maximum Gasteiger partial charge on any atom is 0.264 e. The Labute approximate surface area is 146 Å². The molecule has 0 aliphatic carbocycles. The van der Waals surface area contributed by atoms with Gasteiger partial charge in [0.05, 0.1) is 21.0 Å². The molecule has 2 aromatic heterocycles. The van der Waals surface area contributed by atoms with Gasteiger partial charge < -0.3 is 19.9 Å². The van der Waals surface area contributed by atoms with E-state index < -0.39 is 17.7 Å². The van der Waals surface area contributed by atoms with Crippen molar-refractivity contribution in [1.82, 2.24) is 15.0 Å². The first kappa shape index (κ1) is 16.9. The standard InChI is InChI=1S/C14H15ClN4O4S/c1-22-6-11-17-13(23-18-11)8-5-19(4-7(8)12(16)20)14(21)9-2-3-10(15)24-9/h2-3,7-8H,4-6H2,1H3,(H2,16,20)/t7-,8-/m1/s1. The third kappa shape index (κ3) is 3.28. The molecule has 0 aromatic carbocycles. The summed E-state index contributed by atoms with van der Waals surface area (Å²) in [5.41, 5.74) is 5.49. The predicted molar refractivity (Wildman–Crippen MR) is 85.7 cm³/mol. The number of aromatic nitrogens is 2. The number of likely N-dealkylation sites (tertiary alicyclic amines) is 1. The number of nitrogens with zero attached hydrogens (tertiary/aromatic N) is 3. The number of nitrogens with two attached hydrogens (primary N) is 1. The molecule has 0 radical (unpaired) electrons. The molecular formula is C14H15ClN4O4S. The summed E-state index contributed by atoms with van der Waals surface area (Å²) < 4.78 is 10.7. The molecule has 1 aliphatic rings. The Morgan fingerprint density at radius 2 is 2.29 bits per heavy atom. The number of carbonyl (C=O) groups is 2. The van der Waals surface area contributed by atoms with Crippen LogP contribution in [-0.2, 0) is 16.1 Å². The number of carbonyl (C=O) groups excluding carboxylic acids is 2. The van der Waals surface area contributed by atoms with Crippen LogP contribution in [0.5, 0.6) is 0 Å². The zero-order chi connectivity index (χ0) is 17.3. The van der Waals surface area contributed by atoms with Gasteiger partial charge >= 0.3 is 0 Å². The van der Waals surface area contributed by atoms with Crippen molar-refractivity contribution in [2.45, 2.75) is 12.5 Å². The van der Waals surface area contributed by atoms with Crippen molar-refractivity contribution in [2.24, 2.45) is 11.7 Å². The van der Waals surface area contributed by atoms with E-state index in [0.29, 0.717) is 15.0 Å². The van der Waals surface area contributed by atoms with E-state index in [1.807, 2.05) is 0 Å². The molecule has 2 aromatic rings. The largest absolute Gasteiger partial charge is 0.377 e. The number of rotatable bonds is 5. The first-order valence-corrected chi connectivity index (χ1v) is 8.34. The lowest BCUT2D eigenvalue weighted by molar-refractivity contribution is -0.121. The lowest BCUT2D eigenvalue weighted by Gasteiger charge is -2.14. The van der Waals surface area contributed by atoms with Crippen LogP contribution >= 0.6 is 22.9 Å². The quantitative estimate of drug-likeness (QED) is 0.848. The number of hydrogen-bond donors (Lipinski definition) is 1. The van der Waals surface area contributed by atoms with E-state index in [-0.39, 0.29) is 31.5 Å². The van der Waals surface area contributed by atoms with E-state index in [1.165, 1.54) is 18.4 Å². The molecule has 0 unspecified atom stereocenters. The Morgan fingerprint density at radius 3 is 2.92 bits per heavy atom. The molecule has 0 saturated carbocycles. The van der Waals surface area contributed by atoms with Crippen LogP contribution in [-0.4, -0.2) is 47.1 Å². The maximum absolute atomic E-state index is 12.6. The molecule has 2 amide bonds. The van der Waals surface area contributed by atoms with E-state index in [1.54, 1.807) is 17.0 Å². The van der Waals surface area contributed by atoms with Crippen LogP contribution in [0, 0.1) is 5.92 Å².